The van der Waals surface area contributed by atoms with Gasteiger partial charge in [0.25, 0.3) is 5.91 Å². The fourth-order valence-electron chi connectivity index (χ4n) is 4.49. The van der Waals surface area contributed by atoms with Gasteiger partial charge in [-0.05, 0) is 41.9 Å². The molecule has 1 fully saturated rings. The van der Waals surface area contributed by atoms with Gasteiger partial charge in [0.15, 0.2) is 6.10 Å². The highest BCUT2D eigenvalue weighted by Gasteiger charge is 2.35. The van der Waals surface area contributed by atoms with Crippen molar-refractivity contribution < 1.29 is 38.9 Å². The molecule has 42 heavy (non-hydrogen) atoms. The molecule has 5 N–H and O–H groups in total. The molecule has 12 nitrogen and oxygen atoms in total. The summed E-state index contributed by atoms with van der Waals surface area (Å²) >= 11 is 0. The van der Waals surface area contributed by atoms with E-state index in [9.17, 15) is 34.2 Å². The third-order valence-electron chi connectivity index (χ3n) is 7.40. The molecule has 1 aromatic carbocycles. The Hall–Kier alpha value is -3.67. The Morgan fingerprint density at radius 2 is 1.67 bits per heavy atom. The second kappa shape index (κ2) is 15.5. The highest BCUT2D eigenvalue weighted by molar-refractivity contribution is 5.94. The summed E-state index contributed by atoms with van der Waals surface area (Å²) < 4.78 is 5.56. The third kappa shape index (κ3) is 11.0. The van der Waals surface area contributed by atoms with Crippen molar-refractivity contribution in [1.82, 2.24) is 20.9 Å². The van der Waals surface area contributed by atoms with Crippen molar-refractivity contribution in [1.29, 1.82) is 0 Å². The van der Waals surface area contributed by atoms with Crippen LogP contribution in [-0.4, -0.2) is 88.6 Å². The summed E-state index contributed by atoms with van der Waals surface area (Å²) in [4.78, 5) is 65.4. The number of phenolic OH excluding ortho intramolecular Hbond substituents is 1. The summed E-state index contributed by atoms with van der Waals surface area (Å²) in [6, 6.07) is 2.83. The second-order valence-electron chi connectivity index (χ2n) is 12.1. The first-order valence-corrected chi connectivity index (χ1v) is 14.4. The van der Waals surface area contributed by atoms with Gasteiger partial charge in [-0.25, -0.2) is 4.79 Å². The number of benzene rings is 1. The summed E-state index contributed by atoms with van der Waals surface area (Å²) in [5.41, 5.74) is 0.507. The lowest BCUT2D eigenvalue weighted by atomic mass is 9.88. The molecule has 234 valence electrons. The lowest BCUT2D eigenvalue weighted by Crippen LogP contribution is -2.60. The number of hydrogen-bond acceptors (Lipinski definition) is 7. The first kappa shape index (κ1) is 34.5. The van der Waals surface area contributed by atoms with E-state index in [1.165, 1.54) is 24.0 Å². The fourth-order valence-corrected chi connectivity index (χ4v) is 4.49. The van der Waals surface area contributed by atoms with Gasteiger partial charge in [-0.3, -0.25) is 19.2 Å². The average molecular weight is 591 g/mol. The van der Waals surface area contributed by atoms with Crippen molar-refractivity contribution in [3.63, 3.8) is 0 Å². The number of aromatic hydroxyl groups is 1. The van der Waals surface area contributed by atoms with E-state index in [-0.39, 0.29) is 49.0 Å². The zero-order chi connectivity index (χ0) is 31.6. The predicted octanol–water partition coefficient (Wildman–Crippen LogP) is 1.59. The van der Waals surface area contributed by atoms with Crippen LogP contribution in [0.25, 0.3) is 0 Å². The van der Waals surface area contributed by atoms with Crippen LogP contribution in [-0.2, 0) is 35.1 Å². The van der Waals surface area contributed by atoms with E-state index in [1.54, 1.807) is 19.1 Å². The van der Waals surface area contributed by atoms with Crippen molar-refractivity contribution in [2.24, 2.45) is 11.3 Å². The van der Waals surface area contributed by atoms with Crippen LogP contribution in [0.1, 0.15) is 66.4 Å². The molecular formula is C30H46N4O8. The monoisotopic (exact) mass is 590 g/mol. The van der Waals surface area contributed by atoms with Crippen molar-refractivity contribution in [2.75, 3.05) is 19.7 Å². The Balaban J connectivity index is 2.25. The molecule has 0 aliphatic carbocycles. The zero-order valence-electron chi connectivity index (χ0n) is 25.4. The molecule has 2 rings (SSSR count). The fraction of sp³-hybridized carbons (Fsp3) is 0.633. The maximum atomic E-state index is 13.6. The number of carboxylic acid groups (broad SMARTS) is 1. The smallest absolute Gasteiger partial charge is 0.326 e. The van der Waals surface area contributed by atoms with Gasteiger partial charge >= 0.3 is 5.97 Å². The number of carbonyl (C=O) groups is 5. The lowest BCUT2D eigenvalue weighted by Gasteiger charge is -2.32. The van der Waals surface area contributed by atoms with E-state index in [1.807, 2.05) is 27.7 Å². The molecule has 1 aromatic rings. The topological polar surface area (TPSA) is 174 Å². The van der Waals surface area contributed by atoms with Crippen LogP contribution in [0.4, 0.5) is 0 Å². The quantitative estimate of drug-likeness (QED) is 0.230. The molecule has 1 saturated heterocycles. The van der Waals surface area contributed by atoms with Crippen LogP contribution < -0.4 is 16.0 Å². The lowest BCUT2D eigenvalue weighted by molar-refractivity contribution is -0.147. The Bertz CT molecular complexity index is 1100. The first-order chi connectivity index (χ1) is 19.6. The normalized spacial score (nSPS) is 18.2. The van der Waals surface area contributed by atoms with Crippen molar-refractivity contribution in [3.05, 3.63) is 29.8 Å². The Morgan fingerprint density at radius 3 is 2.21 bits per heavy atom. The van der Waals surface area contributed by atoms with E-state index in [0.29, 0.717) is 24.9 Å². The highest BCUT2D eigenvalue weighted by Crippen LogP contribution is 2.22. The van der Waals surface area contributed by atoms with Gasteiger partial charge in [0.1, 0.15) is 23.9 Å². The molecular weight excluding hydrogens is 544 g/mol. The Kier molecular flexibility index (Phi) is 12.8. The molecule has 5 atom stereocenters. The minimum atomic E-state index is -1.16. The number of ether oxygens (including phenoxy) is 1. The molecule has 0 aromatic heterocycles. The van der Waals surface area contributed by atoms with Crippen LogP contribution in [0.2, 0.25) is 0 Å². The van der Waals surface area contributed by atoms with Gasteiger partial charge < -0.3 is 35.8 Å². The van der Waals surface area contributed by atoms with Crippen molar-refractivity contribution in [2.45, 2.75) is 91.5 Å². The van der Waals surface area contributed by atoms with Gasteiger partial charge in [-0.2, -0.15) is 0 Å². The Labute approximate surface area is 247 Å². The van der Waals surface area contributed by atoms with Gasteiger partial charge in [0.2, 0.25) is 17.7 Å². The number of nitrogens with one attached hydrogen (secondary N) is 3. The summed E-state index contributed by atoms with van der Waals surface area (Å²) in [7, 11) is 0. The van der Waals surface area contributed by atoms with Crippen molar-refractivity contribution >= 4 is 29.6 Å². The molecule has 12 heteroatoms. The van der Waals surface area contributed by atoms with E-state index >= 15 is 0 Å². The van der Waals surface area contributed by atoms with Crippen LogP contribution >= 0.6 is 0 Å². The van der Waals surface area contributed by atoms with E-state index in [4.69, 9.17) is 4.74 Å². The SMILES string of the molecule is CC[C@H](C)[C@H](NC(=O)[C@H](Cc1ccc(O)cc1)NC(=O)[C@H]1CN(C(C)=O)CCO1)C(=O)N[C@@H](CCC(C)(C)C)C(=O)O. The molecule has 0 radical (unpaired) electrons. The molecule has 1 aliphatic heterocycles. The van der Waals surface area contributed by atoms with Crippen LogP contribution in [0.15, 0.2) is 24.3 Å². The van der Waals surface area contributed by atoms with Gasteiger partial charge in [-0.15, -0.1) is 0 Å². The number of nitrogens with zero attached hydrogens (tertiary/aromatic N) is 1. The number of carboxylic acids is 1. The van der Waals surface area contributed by atoms with E-state index < -0.39 is 47.9 Å². The number of amides is 4. The first-order valence-electron chi connectivity index (χ1n) is 14.4. The minimum absolute atomic E-state index is 0.0386. The molecule has 0 bridgehead atoms. The molecule has 0 unspecified atom stereocenters. The molecule has 1 aliphatic rings. The van der Waals surface area contributed by atoms with E-state index in [2.05, 4.69) is 16.0 Å². The van der Waals surface area contributed by atoms with Crippen molar-refractivity contribution in [3.8, 4) is 5.75 Å². The van der Waals surface area contributed by atoms with E-state index in [0.717, 1.165) is 0 Å². The summed E-state index contributed by atoms with van der Waals surface area (Å²) in [5.74, 6) is -3.51. The van der Waals surface area contributed by atoms with Gasteiger partial charge in [-0.1, -0.05) is 53.2 Å². The molecule has 4 amide bonds. The largest absolute Gasteiger partial charge is 0.508 e. The summed E-state index contributed by atoms with van der Waals surface area (Å²) in [6.45, 7) is 11.5. The number of morpholine rings is 1. The maximum absolute atomic E-state index is 13.6. The number of aliphatic carboxylic acids is 1. The zero-order valence-corrected chi connectivity index (χ0v) is 25.4. The molecule has 0 saturated carbocycles. The average Bonchev–Trinajstić information content (AvgIpc) is 2.93. The summed E-state index contributed by atoms with van der Waals surface area (Å²) in [5, 5.41) is 27.4. The van der Waals surface area contributed by atoms with Gasteiger partial charge in [0.05, 0.1) is 13.2 Å². The molecule has 1 heterocycles. The maximum Gasteiger partial charge on any atom is 0.326 e. The number of hydrogen-bond donors (Lipinski definition) is 5. The number of rotatable bonds is 13. The van der Waals surface area contributed by atoms with Crippen LogP contribution in [0.3, 0.4) is 0 Å². The Morgan fingerprint density at radius 1 is 1.02 bits per heavy atom. The predicted molar refractivity (Wildman–Crippen MR) is 155 cm³/mol. The standard InChI is InChI=1S/C30H46N4O8/c1-7-18(2)25(28(39)31-22(29(40)41)12-13-30(4,5)6)33-26(37)23(16-20-8-10-21(36)11-9-20)32-27(38)24-17-34(19(3)35)14-15-42-24/h8-11,18,22-25,36H,7,12-17H2,1-6H3,(H,31,39)(H,32,38)(H,33,37)(H,40,41)/t18-,22-,23-,24+,25-/m0/s1. The summed E-state index contributed by atoms with van der Waals surface area (Å²) in [6.07, 6.45) is 0.369. The van der Waals surface area contributed by atoms with Gasteiger partial charge in [0, 0.05) is 19.9 Å². The highest BCUT2D eigenvalue weighted by atomic mass is 16.5. The van der Waals surface area contributed by atoms with Crippen LogP contribution in [0.5, 0.6) is 5.75 Å². The molecule has 0 spiro atoms. The second-order valence-corrected chi connectivity index (χ2v) is 12.1. The number of carbonyl (C=O) groups excluding carboxylic acids is 4. The third-order valence-corrected chi connectivity index (χ3v) is 7.40. The minimum Gasteiger partial charge on any atom is -0.508 e. The number of phenols is 1. The van der Waals surface area contributed by atoms with Crippen LogP contribution in [0, 0.1) is 11.3 Å².